The van der Waals surface area contributed by atoms with Gasteiger partial charge in [0.25, 0.3) is 0 Å². The Bertz CT molecular complexity index is 454. The van der Waals surface area contributed by atoms with Gasteiger partial charge in [0, 0.05) is 0 Å². The van der Waals surface area contributed by atoms with E-state index in [1.807, 2.05) is 30.3 Å². The third-order valence-corrected chi connectivity index (χ3v) is 2.00. The second-order valence-corrected chi connectivity index (χ2v) is 3.36. The summed E-state index contributed by atoms with van der Waals surface area (Å²) in [5.41, 5.74) is 0.748. The van der Waals surface area contributed by atoms with Crippen LogP contribution in [0.5, 0.6) is 0 Å². The molecule has 0 aliphatic carbocycles. The van der Waals surface area contributed by atoms with E-state index in [2.05, 4.69) is 15.1 Å². The average molecular weight is 250 g/mol. The molecule has 6 heteroatoms. The Labute approximate surface area is 105 Å². The van der Waals surface area contributed by atoms with Gasteiger partial charge in [-0.15, -0.1) is 0 Å². The highest BCUT2D eigenvalue weighted by Gasteiger charge is 2.15. The Hall–Kier alpha value is -2.37. The minimum absolute atomic E-state index is 0.137. The van der Waals surface area contributed by atoms with E-state index in [1.165, 1.54) is 14.0 Å². The number of hydrogen-bond acceptors (Lipinski definition) is 5. The monoisotopic (exact) mass is 250 g/mol. The molecule has 0 spiro atoms. The van der Waals surface area contributed by atoms with Gasteiger partial charge in [0.15, 0.2) is 0 Å². The van der Waals surface area contributed by atoms with Crippen molar-refractivity contribution in [2.75, 3.05) is 7.11 Å². The van der Waals surface area contributed by atoms with Crippen molar-refractivity contribution in [1.82, 2.24) is 0 Å². The minimum atomic E-state index is -1.22. The molecule has 1 aromatic carbocycles. The third kappa shape index (κ3) is 4.25. The molecule has 0 radical (unpaired) electrons. The fraction of sp³-hybridized carbons (Fsp3) is 0.250. The van der Waals surface area contributed by atoms with Crippen molar-refractivity contribution < 1.29 is 19.6 Å². The highest BCUT2D eigenvalue weighted by Crippen LogP contribution is 2.01. The SMILES string of the molecule is CON=C(C)C(=NOCc1ccccc1)C(=O)O. The Morgan fingerprint density at radius 2 is 1.94 bits per heavy atom. The van der Waals surface area contributed by atoms with Crippen LogP contribution in [0, 0.1) is 0 Å². The maximum Gasteiger partial charge on any atom is 0.360 e. The minimum Gasteiger partial charge on any atom is -0.476 e. The second kappa shape index (κ2) is 7.05. The molecular formula is C12H14N2O4. The van der Waals surface area contributed by atoms with Gasteiger partial charge in [-0.05, 0) is 12.5 Å². The summed E-state index contributed by atoms with van der Waals surface area (Å²) >= 11 is 0. The van der Waals surface area contributed by atoms with Crippen LogP contribution in [0.1, 0.15) is 12.5 Å². The molecule has 0 atom stereocenters. The summed E-state index contributed by atoms with van der Waals surface area (Å²) in [6, 6.07) is 9.30. The smallest absolute Gasteiger partial charge is 0.360 e. The van der Waals surface area contributed by atoms with E-state index >= 15 is 0 Å². The predicted molar refractivity (Wildman–Crippen MR) is 66.4 cm³/mol. The maximum atomic E-state index is 10.9. The number of carbonyl (C=O) groups is 1. The molecule has 0 aliphatic heterocycles. The van der Waals surface area contributed by atoms with Crippen molar-refractivity contribution >= 4 is 17.4 Å². The average Bonchev–Trinajstić information content (AvgIpc) is 2.35. The molecule has 0 aliphatic rings. The van der Waals surface area contributed by atoms with E-state index < -0.39 is 5.97 Å². The Kier molecular flexibility index (Phi) is 5.37. The summed E-state index contributed by atoms with van der Waals surface area (Å²) in [4.78, 5) is 20.4. The topological polar surface area (TPSA) is 80.5 Å². The molecule has 0 unspecified atom stereocenters. The van der Waals surface area contributed by atoms with Gasteiger partial charge in [-0.25, -0.2) is 4.79 Å². The molecule has 1 N–H and O–H groups in total. The van der Waals surface area contributed by atoms with Gasteiger partial charge in [0.05, 0.1) is 0 Å². The standard InChI is InChI=1S/C12H14N2O4/c1-9(13-17-2)11(12(15)16)14-18-8-10-6-4-3-5-7-10/h3-7H,8H2,1-2H3,(H,15,16). The molecule has 0 saturated heterocycles. The lowest BCUT2D eigenvalue weighted by atomic mass is 10.2. The summed E-state index contributed by atoms with van der Waals surface area (Å²) in [6.07, 6.45) is 0. The number of carboxylic acid groups (broad SMARTS) is 1. The van der Waals surface area contributed by atoms with Gasteiger partial charge in [-0.2, -0.15) is 0 Å². The number of hydrogen-bond donors (Lipinski definition) is 1. The highest BCUT2D eigenvalue weighted by molar-refractivity contribution is 6.64. The first-order valence-electron chi connectivity index (χ1n) is 5.20. The van der Waals surface area contributed by atoms with Crippen LogP contribution in [-0.4, -0.2) is 29.6 Å². The van der Waals surface area contributed by atoms with Crippen LogP contribution >= 0.6 is 0 Å². The van der Waals surface area contributed by atoms with Crippen molar-refractivity contribution in [1.29, 1.82) is 0 Å². The predicted octanol–water partition coefficient (Wildman–Crippen LogP) is 1.67. The van der Waals surface area contributed by atoms with E-state index in [0.29, 0.717) is 0 Å². The zero-order chi connectivity index (χ0) is 13.4. The van der Waals surface area contributed by atoms with E-state index in [4.69, 9.17) is 9.94 Å². The number of aliphatic carboxylic acids is 1. The fourth-order valence-electron chi connectivity index (χ4n) is 1.19. The van der Waals surface area contributed by atoms with Crippen LogP contribution < -0.4 is 0 Å². The Morgan fingerprint density at radius 3 is 2.50 bits per heavy atom. The van der Waals surface area contributed by atoms with Crippen LogP contribution in [0.4, 0.5) is 0 Å². The molecule has 0 aromatic heterocycles. The van der Waals surface area contributed by atoms with Crippen molar-refractivity contribution in [3.05, 3.63) is 35.9 Å². The van der Waals surface area contributed by atoms with E-state index in [1.54, 1.807) is 0 Å². The molecule has 18 heavy (non-hydrogen) atoms. The van der Waals surface area contributed by atoms with Crippen LogP contribution in [-0.2, 0) is 21.1 Å². The molecule has 6 nitrogen and oxygen atoms in total. The maximum absolute atomic E-state index is 10.9. The van der Waals surface area contributed by atoms with Crippen molar-refractivity contribution in [2.45, 2.75) is 13.5 Å². The van der Waals surface area contributed by atoms with E-state index in [0.717, 1.165) is 5.56 Å². The number of oxime groups is 2. The first-order chi connectivity index (χ1) is 8.65. The van der Waals surface area contributed by atoms with E-state index in [-0.39, 0.29) is 18.0 Å². The van der Waals surface area contributed by atoms with Gasteiger partial charge in [0.1, 0.15) is 19.4 Å². The number of carboxylic acids is 1. The first kappa shape index (κ1) is 13.7. The van der Waals surface area contributed by atoms with Crippen molar-refractivity contribution in [3.8, 4) is 0 Å². The number of benzene rings is 1. The summed E-state index contributed by atoms with van der Waals surface area (Å²) < 4.78 is 0. The van der Waals surface area contributed by atoms with Gasteiger partial charge in [0.2, 0.25) is 5.71 Å². The quantitative estimate of drug-likeness (QED) is 0.615. The van der Waals surface area contributed by atoms with Crippen molar-refractivity contribution in [2.24, 2.45) is 10.3 Å². The Morgan fingerprint density at radius 1 is 1.28 bits per heavy atom. The number of rotatable bonds is 6. The molecule has 96 valence electrons. The molecular weight excluding hydrogens is 236 g/mol. The highest BCUT2D eigenvalue weighted by atomic mass is 16.6. The normalized spacial score (nSPS) is 12.1. The third-order valence-electron chi connectivity index (χ3n) is 2.00. The summed E-state index contributed by atoms with van der Waals surface area (Å²) in [6.45, 7) is 1.67. The summed E-state index contributed by atoms with van der Waals surface area (Å²) in [5.74, 6) is -1.22. The van der Waals surface area contributed by atoms with Crippen LogP contribution in [0.3, 0.4) is 0 Å². The lowest BCUT2D eigenvalue weighted by Crippen LogP contribution is -2.22. The molecule has 1 rings (SSSR count). The molecule has 0 fully saturated rings. The number of nitrogens with zero attached hydrogens (tertiary/aromatic N) is 2. The van der Waals surface area contributed by atoms with Gasteiger partial charge >= 0.3 is 5.97 Å². The lowest BCUT2D eigenvalue weighted by Gasteiger charge is -2.02. The zero-order valence-electron chi connectivity index (χ0n) is 10.2. The zero-order valence-corrected chi connectivity index (χ0v) is 10.2. The molecule has 0 bridgehead atoms. The van der Waals surface area contributed by atoms with Crippen LogP contribution in [0.15, 0.2) is 40.6 Å². The van der Waals surface area contributed by atoms with E-state index in [9.17, 15) is 4.79 Å². The van der Waals surface area contributed by atoms with Crippen LogP contribution in [0.25, 0.3) is 0 Å². The first-order valence-corrected chi connectivity index (χ1v) is 5.20. The van der Waals surface area contributed by atoms with Gasteiger partial charge in [-0.3, -0.25) is 0 Å². The second-order valence-electron chi connectivity index (χ2n) is 3.36. The van der Waals surface area contributed by atoms with Gasteiger partial charge < -0.3 is 14.8 Å². The Balaban J connectivity index is 2.68. The van der Waals surface area contributed by atoms with Gasteiger partial charge in [-0.1, -0.05) is 40.6 Å². The fourth-order valence-corrected chi connectivity index (χ4v) is 1.19. The largest absolute Gasteiger partial charge is 0.476 e. The molecule has 0 amide bonds. The van der Waals surface area contributed by atoms with Crippen molar-refractivity contribution in [3.63, 3.8) is 0 Å². The molecule has 1 aromatic rings. The van der Waals surface area contributed by atoms with Crippen LogP contribution in [0.2, 0.25) is 0 Å². The molecule has 0 saturated carbocycles. The lowest BCUT2D eigenvalue weighted by molar-refractivity contribution is -0.129. The summed E-state index contributed by atoms with van der Waals surface area (Å²) in [7, 11) is 1.33. The molecule has 0 heterocycles. The summed E-state index contributed by atoms with van der Waals surface area (Å²) in [5, 5.41) is 16.0.